The summed E-state index contributed by atoms with van der Waals surface area (Å²) in [6, 6.07) is 73.6. The third-order valence-electron chi connectivity index (χ3n) is 12.9. The highest BCUT2D eigenvalue weighted by Crippen LogP contribution is 2.65. The summed E-state index contributed by atoms with van der Waals surface area (Å²) in [6.07, 6.45) is 0. The van der Waals surface area contributed by atoms with Gasteiger partial charge < -0.3 is 0 Å². The van der Waals surface area contributed by atoms with Gasteiger partial charge in [0.2, 0.25) is 0 Å². The quantitative estimate of drug-likeness (QED) is 0.158. The minimum atomic E-state index is -0.462. The highest BCUT2D eigenvalue weighted by molar-refractivity contribution is 6.24. The molecular weight excluding hydrogens is 661 g/mol. The molecule has 2 aliphatic rings. The van der Waals surface area contributed by atoms with Gasteiger partial charge in [0.25, 0.3) is 0 Å². The minimum Gasteiger partial charge on any atom is -0.0619 e. The Morgan fingerprint density at radius 1 is 0.273 bits per heavy atom. The molecule has 0 nitrogen and oxygen atoms in total. The van der Waals surface area contributed by atoms with Crippen molar-refractivity contribution >= 4 is 53.9 Å². The Morgan fingerprint density at radius 2 is 0.764 bits per heavy atom. The van der Waals surface area contributed by atoms with Crippen molar-refractivity contribution in [2.75, 3.05) is 0 Å². The summed E-state index contributed by atoms with van der Waals surface area (Å²) >= 11 is 0. The summed E-state index contributed by atoms with van der Waals surface area (Å²) in [5.74, 6) is 0. The van der Waals surface area contributed by atoms with E-state index < -0.39 is 5.41 Å². The van der Waals surface area contributed by atoms with Crippen LogP contribution in [0.5, 0.6) is 0 Å². The maximum absolute atomic E-state index is 2.50. The zero-order valence-electron chi connectivity index (χ0n) is 30.0. The van der Waals surface area contributed by atoms with Gasteiger partial charge in [0.05, 0.1) is 5.41 Å². The maximum Gasteiger partial charge on any atom is 0.0731 e. The lowest BCUT2D eigenvalue weighted by molar-refractivity contribution is 0.801. The van der Waals surface area contributed by atoms with Crippen molar-refractivity contribution in [3.05, 3.63) is 216 Å². The number of rotatable bonds is 2. The van der Waals surface area contributed by atoms with E-state index in [0.29, 0.717) is 0 Å². The van der Waals surface area contributed by atoms with Gasteiger partial charge in [0.1, 0.15) is 0 Å². The summed E-state index contributed by atoms with van der Waals surface area (Å²) in [5.41, 5.74) is 15.4. The minimum absolute atomic E-state index is 0.462. The van der Waals surface area contributed by atoms with Crippen molar-refractivity contribution < 1.29 is 0 Å². The number of fused-ring (bicyclic) bond motifs is 13. The lowest BCUT2D eigenvalue weighted by Crippen LogP contribution is -2.26. The van der Waals surface area contributed by atoms with Crippen LogP contribution in [0.4, 0.5) is 0 Å². The van der Waals surface area contributed by atoms with Crippen molar-refractivity contribution in [3.63, 3.8) is 0 Å². The molecule has 252 valence electrons. The van der Waals surface area contributed by atoms with E-state index in [1.54, 1.807) is 0 Å². The molecular formula is C55H32. The number of hydrogen-bond acceptors (Lipinski definition) is 0. The number of hydrogen-bond donors (Lipinski definition) is 0. The van der Waals surface area contributed by atoms with Crippen LogP contribution in [-0.2, 0) is 5.41 Å². The molecule has 0 heteroatoms. The molecule has 0 aliphatic heterocycles. The van der Waals surface area contributed by atoms with Gasteiger partial charge in [-0.1, -0.05) is 164 Å². The average Bonchev–Trinajstić information content (AvgIpc) is 3.73. The van der Waals surface area contributed by atoms with Gasteiger partial charge in [0.15, 0.2) is 0 Å². The van der Waals surface area contributed by atoms with Crippen molar-refractivity contribution in [3.8, 4) is 44.5 Å². The lowest BCUT2D eigenvalue weighted by Gasteiger charge is -2.32. The first-order valence-electron chi connectivity index (χ1n) is 19.3. The first-order valence-corrected chi connectivity index (χ1v) is 19.3. The Hall–Kier alpha value is -7.02. The summed E-state index contributed by atoms with van der Waals surface area (Å²) in [5, 5.41) is 13.0. The van der Waals surface area contributed by atoms with Crippen LogP contribution in [-0.4, -0.2) is 0 Å². The van der Waals surface area contributed by atoms with Crippen LogP contribution < -0.4 is 0 Å². The van der Waals surface area contributed by atoms with Gasteiger partial charge in [0, 0.05) is 0 Å². The Labute approximate surface area is 318 Å². The molecule has 0 aromatic heterocycles. The zero-order chi connectivity index (χ0) is 35.8. The van der Waals surface area contributed by atoms with Gasteiger partial charge in [-0.2, -0.15) is 0 Å². The summed E-state index contributed by atoms with van der Waals surface area (Å²) in [4.78, 5) is 0. The molecule has 2 aliphatic carbocycles. The smallest absolute Gasteiger partial charge is 0.0619 e. The predicted molar refractivity (Wildman–Crippen MR) is 232 cm³/mol. The first-order chi connectivity index (χ1) is 27.3. The van der Waals surface area contributed by atoms with E-state index in [9.17, 15) is 0 Å². The van der Waals surface area contributed by atoms with Gasteiger partial charge >= 0.3 is 0 Å². The lowest BCUT2D eigenvalue weighted by atomic mass is 9.69. The fourth-order valence-electron chi connectivity index (χ4n) is 10.7. The largest absolute Gasteiger partial charge is 0.0731 e. The molecule has 55 heavy (non-hydrogen) atoms. The molecule has 13 rings (SSSR count). The Morgan fingerprint density at radius 3 is 1.47 bits per heavy atom. The van der Waals surface area contributed by atoms with E-state index in [-0.39, 0.29) is 0 Å². The molecule has 0 radical (unpaired) electrons. The third-order valence-corrected chi connectivity index (χ3v) is 12.9. The topological polar surface area (TPSA) is 0 Å². The van der Waals surface area contributed by atoms with E-state index >= 15 is 0 Å². The number of benzene rings is 11. The summed E-state index contributed by atoms with van der Waals surface area (Å²) < 4.78 is 0. The average molecular weight is 693 g/mol. The van der Waals surface area contributed by atoms with Gasteiger partial charge in [-0.15, -0.1) is 0 Å². The van der Waals surface area contributed by atoms with Crippen molar-refractivity contribution in [1.29, 1.82) is 0 Å². The van der Waals surface area contributed by atoms with Crippen LogP contribution in [0.2, 0.25) is 0 Å². The van der Waals surface area contributed by atoms with Crippen LogP contribution in [0.1, 0.15) is 22.3 Å². The van der Waals surface area contributed by atoms with Crippen LogP contribution in [0.25, 0.3) is 98.4 Å². The zero-order valence-corrected chi connectivity index (χ0v) is 30.0. The molecule has 0 bridgehead atoms. The summed E-state index contributed by atoms with van der Waals surface area (Å²) in [6.45, 7) is 0. The highest BCUT2D eigenvalue weighted by atomic mass is 14.5. The SMILES string of the molecule is c1ccc2c(c1)-c1ccccc1C21c2ccccc2-c2c(-c3ccc4ccccc4c3)cc3ccc(-c4cc5ccc6cccc7ccc(c4)c5c67)cc3c21. The van der Waals surface area contributed by atoms with E-state index in [1.165, 1.54) is 121 Å². The van der Waals surface area contributed by atoms with Crippen molar-refractivity contribution in [1.82, 2.24) is 0 Å². The molecule has 1 spiro atoms. The molecule has 0 saturated heterocycles. The monoisotopic (exact) mass is 692 g/mol. The maximum atomic E-state index is 2.50. The Bertz CT molecular complexity index is 3320. The summed E-state index contributed by atoms with van der Waals surface area (Å²) in [7, 11) is 0. The predicted octanol–water partition coefficient (Wildman–Crippen LogP) is 14.6. The highest BCUT2D eigenvalue weighted by Gasteiger charge is 2.53. The fraction of sp³-hybridized carbons (Fsp3) is 0.0182. The second-order valence-electron chi connectivity index (χ2n) is 15.6. The van der Waals surface area contributed by atoms with Gasteiger partial charge in [-0.25, -0.2) is 0 Å². The van der Waals surface area contributed by atoms with Crippen molar-refractivity contribution in [2.45, 2.75) is 5.41 Å². The Balaban J connectivity index is 1.16. The van der Waals surface area contributed by atoms with Gasteiger partial charge in [-0.05, 0) is 151 Å². The fourth-order valence-corrected chi connectivity index (χ4v) is 10.7. The third kappa shape index (κ3) is 3.76. The normalized spacial score (nSPS) is 13.6. The molecule has 0 unspecified atom stereocenters. The molecule has 0 fully saturated rings. The molecule has 11 aromatic rings. The van der Waals surface area contributed by atoms with E-state index in [0.717, 1.165) is 0 Å². The van der Waals surface area contributed by atoms with E-state index in [4.69, 9.17) is 0 Å². The van der Waals surface area contributed by atoms with Crippen LogP contribution in [0, 0.1) is 0 Å². The second-order valence-corrected chi connectivity index (χ2v) is 15.6. The van der Waals surface area contributed by atoms with E-state index in [2.05, 4.69) is 194 Å². The van der Waals surface area contributed by atoms with Crippen molar-refractivity contribution in [2.24, 2.45) is 0 Å². The molecule has 0 amide bonds. The molecule has 0 saturated carbocycles. The van der Waals surface area contributed by atoms with Crippen LogP contribution in [0.3, 0.4) is 0 Å². The van der Waals surface area contributed by atoms with E-state index in [1.807, 2.05) is 0 Å². The molecule has 0 atom stereocenters. The van der Waals surface area contributed by atoms with Crippen LogP contribution >= 0.6 is 0 Å². The first kappa shape index (κ1) is 29.4. The molecule has 11 aromatic carbocycles. The second kappa shape index (κ2) is 10.6. The van der Waals surface area contributed by atoms with Crippen LogP contribution in [0.15, 0.2) is 194 Å². The molecule has 0 N–H and O–H groups in total. The van der Waals surface area contributed by atoms with Gasteiger partial charge in [-0.3, -0.25) is 0 Å². The standard InChI is InChI=1S/C55H32/c1-2-11-36-28-38(24-20-33(36)10-1)46-32-39-25-23-37(42-29-40-26-21-34-12-9-13-35-22-27-41(30-42)52(40)51(34)35)31-47(39)54-53(46)45-16-5-8-19-50(45)55(54)48-17-6-3-14-43(48)44-15-4-7-18-49(44)55/h1-32H. The molecule has 0 heterocycles. The Kier molecular flexibility index (Phi) is 5.65.